The molecule has 0 spiro atoms. The first-order valence-corrected chi connectivity index (χ1v) is 10.3. The summed E-state index contributed by atoms with van der Waals surface area (Å²) in [7, 11) is -4.11. The molecule has 0 aromatic heterocycles. The van der Waals surface area contributed by atoms with Crippen LogP contribution in [-0.2, 0) is 19.6 Å². The molecule has 1 aromatic carbocycles. The molecule has 1 aromatic rings. The summed E-state index contributed by atoms with van der Waals surface area (Å²) in [6.45, 7) is 4.91. The van der Waals surface area contributed by atoms with E-state index >= 15 is 0 Å². The number of nitrogens with one attached hydrogen (secondary N) is 2. The van der Waals surface area contributed by atoms with Gasteiger partial charge in [0.2, 0.25) is 16.4 Å². The molecule has 0 unspecified atom stereocenters. The lowest BCUT2D eigenvalue weighted by atomic mass is 10.2. The Kier molecular flexibility index (Phi) is 6.87. The topological polar surface area (TPSA) is 114 Å². The monoisotopic (exact) mass is 453 g/mol. The highest BCUT2D eigenvalue weighted by Crippen LogP contribution is 2.25. The minimum atomic E-state index is -4.89. The number of alkyl halides is 3. The van der Waals surface area contributed by atoms with Gasteiger partial charge >= 0.3 is 12.5 Å². The molecule has 1 saturated heterocycles. The lowest BCUT2D eigenvalue weighted by molar-refractivity contribution is -0.274. The maximum absolute atomic E-state index is 12.6. The number of rotatable bonds is 6. The highest BCUT2D eigenvalue weighted by molar-refractivity contribution is 7.89. The van der Waals surface area contributed by atoms with Crippen molar-refractivity contribution >= 4 is 22.5 Å². The molecule has 2 N–H and O–H groups in total. The molecule has 0 bridgehead atoms. The zero-order valence-electron chi connectivity index (χ0n) is 16.4. The van der Waals surface area contributed by atoms with Gasteiger partial charge in [0.25, 0.3) is 0 Å². The summed E-state index contributed by atoms with van der Waals surface area (Å²) in [6, 6.07) is 2.92. The first-order valence-electron chi connectivity index (χ1n) is 8.78. The van der Waals surface area contributed by atoms with Crippen LogP contribution in [0, 0.1) is 0 Å². The molecule has 1 aliphatic heterocycles. The van der Waals surface area contributed by atoms with Crippen molar-refractivity contribution in [3.63, 3.8) is 0 Å². The van der Waals surface area contributed by atoms with Crippen LogP contribution in [0.5, 0.6) is 5.75 Å². The van der Waals surface area contributed by atoms with Crippen LogP contribution in [0.1, 0.15) is 27.2 Å². The van der Waals surface area contributed by atoms with Gasteiger partial charge in [-0.1, -0.05) is 0 Å². The summed E-state index contributed by atoms with van der Waals surface area (Å²) < 4.78 is 73.1. The third-order valence-electron chi connectivity index (χ3n) is 3.88. The summed E-state index contributed by atoms with van der Waals surface area (Å²) in [4.78, 5) is 24.1. The summed E-state index contributed by atoms with van der Waals surface area (Å²) in [6.07, 6.45) is -5.94. The van der Waals surface area contributed by atoms with E-state index in [0.717, 1.165) is 24.3 Å². The molecule has 2 rings (SSSR count). The van der Waals surface area contributed by atoms with Crippen molar-refractivity contribution in [1.29, 1.82) is 0 Å². The van der Waals surface area contributed by atoms with Gasteiger partial charge in [0.1, 0.15) is 17.5 Å². The number of carbonyl (C=O) groups is 2. The number of hydrogen-bond acceptors (Lipinski definition) is 6. The molecule has 2 amide bonds. The van der Waals surface area contributed by atoms with Crippen LogP contribution in [0.4, 0.5) is 18.0 Å². The molecule has 30 heavy (non-hydrogen) atoms. The fraction of sp³-hybridized carbons (Fsp3) is 0.529. The molecular weight excluding hydrogens is 431 g/mol. The van der Waals surface area contributed by atoms with Crippen molar-refractivity contribution in [1.82, 2.24) is 14.9 Å². The van der Waals surface area contributed by atoms with Crippen LogP contribution in [-0.4, -0.2) is 56.5 Å². The molecule has 2 atom stereocenters. The molecular formula is C17H22F3N3O6S. The number of sulfonamides is 1. The van der Waals surface area contributed by atoms with Gasteiger partial charge in [-0.15, -0.1) is 13.2 Å². The Morgan fingerprint density at radius 1 is 1.20 bits per heavy atom. The van der Waals surface area contributed by atoms with Crippen molar-refractivity contribution in [2.45, 2.75) is 56.3 Å². The lowest BCUT2D eigenvalue weighted by Gasteiger charge is -2.28. The zero-order valence-corrected chi connectivity index (χ0v) is 17.2. The van der Waals surface area contributed by atoms with Crippen LogP contribution in [0.2, 0.25) is 0 Å². The quantitative estimate of drug-likeness (QED) is 0.637. The highest BCUT2D eigenvalue weighted by atomic mass is 32.2. The maximum Gasteiger partial charge on any atom is 0.573 e. The van der Waals surface area contributed by atoms with Gasteiger partial charge in [0.05, 0.1) is 4.90 Å². The van der Waals surface area contributed by atoms with Gasteiger partial charge in [0.15, 0.2) is 0 Å². The third-order valence-corrected chi connectivity index (χ3v) is 5.42. The molecule has 0 aliphatic carbocycles. The van der Waals surface area contributed by atoms with Crippen LogP contribution >= 0.6 is 0 Å². The third kappa shape index (κ3) is 6.76. The van der Waals surface area contributed by atoms with Gasteiger partial charge in [0, 0.05) is 19.0 Å². The van der Waals surface area contributed by atoms with Gasteiger partial charge in [-0.25, -0.2) is 17.9 Å². The van der Waals surface area contributed by atoms with E-state index in [1.54, 1.807) is 20.8 Å². The predicted octanol–water partition coefficient (Wildman–Crippen LogP) is 1.94. The molecule has 1 aliphatic rings. The van der Waals surface area contributed by atoms with Gasteiger partial charge < -0.3 is 14.8 Å². The van der Waals surface area contributed by atoms with Crippen molar-refractivity contribution in [3.05, 3.63) is 24.3 Å². The van der Waals surface area contributed by atoms with Gasteiger partial charge in [-0.2, -0.15) is 0 Å². The number of ether oxygens (including phenoxy) is 2. The summed E-state index contributed by atoms with van der Waals surface area (Å²) in [5.74, 6) is -0.561. The predicted molar refractivity (Wildman–Crippen MR) is 97.8 cm³/mol. The number of halogens is 3. The fourth-order valence-corrected chi connectivity index (χ4v) is 4.03. The number of carbonyl (C=O) groups excluding carboxylic acids is 2. The molecule has 1 fully saturated rings. The Labute approximate surface area is 171 Å². The smallest absolute Gasteiger partial charge is 0.444 e. The maximum atomic E-state index is 12.6. The Hall–Kier alpha value is -2.54. The number of likely N-dealkylation sites (tertiary alicyclic amines) is 1. The van der Waals surface area contributed by atoms with Gasteiger partial charge in [-0.05, 0) is 45.0 Å². The van der Waals surface area contributed by atoms with E-state index in [0.29, 0.717) is 6.41 Å². The average Bonchev–Trinajstić information content (AvgIpc) is 2.94. The van der Waals surface area contributed by atoms with Crippen LogP contribution in [0.3, 0.4) is 0 Å². The SMILES string of the molecule is CC(C)(C)OC(=O)N1C[C@H](NS(=O)(=O)c2ccc(OC(F)(F)F)cc2)C[C@H]1NC=O. The van der Waals surface area contributed by atoms with Crippen molar-refractivity contribution < 1.29 is 40.7 Å². The Bertz CT molecular complexity index is 868. The standard InChI is InChI=1S/C17H22F3N3O6S/c1-16(2,3)29-15(25)23-9-11(8-14(23)21-10-24)22-30(26,27)13-6-4-12(5-7-13)28-17(18,19)20/h4-7,10-11,14,22H,8-9H2,1-3H3,(H,21,24)/t11-,14+/m1/s1. The Balaban J connectivity index is 2.10. The minimum Gasteiger partial charge on any atom is -0.444 e. The fourth-order valence-electron chi connectivity index (χ4n) is 2.79. The lowest BCUT2D eigenvalue weighted by Crippen LogP contribution is -2.46. The van der Waals surface area contributed by atoms with E-state index < -0.39 is 46.0 Å². The number of amides is 2. The number of nitrogens with zero attached hydrogens (tertiary/aromatic N) is 1. The first kappa shape index (κ1) is 23.7. The van der Waals surface area contributed by atoms with E-state index in [2.05, 4.69) is 14.8 Å². The van der Waals surface area contributed by atoms with Crippen LogP contribution in [0.15, 0.2) is 29.2 Å². The minimum absolute atomic E-state index is 0.0745. The van der Waals surface area contributed by atoms with Crippen molar-refractivity contribution in [2.75, 3.05) is 6.54 Å². The molecule has 1 heterocycles. The van der Waals surface area contributed by atoms with E-state index in [1.807, 2.05) is 0 Å². The summed E-state index contributed by atoms with van der Waals surface area (Å²) >= 11 is 0. The van der Waals surface area contributed by atoms with E-state index in [1.165, 1.54) is 4.90 Å². The second kappa shape index (κ2) is 8.68. The van der Waals surface area contributed by atoms with E-state index in [9.17, 15) is 31.2 Å². The van der Waals surface area contributed by atoms with Crippen molar-refractivity contribution in [2.24, 2.45) is 0 Å². The van der Waals surface area contributed by atoms with Gasteiger partial charge in [-0.3, -0.25) is 9.69 Å². The molecule has 13 heteroatoms. The summed E-state index contributed by atoms with van der Waals surface area (Å²) in [5, 5.41) is 2.43. The summed E-state index contributed by atoms with van der Waals surface area (Å²) in [5.41, 5.74) is -0.791. The molecule has 9 nitrogen and oxygen atoms in total. The van der Waals surface area contributed by atoms with Crippen LogP contribution < -0.4 is 14.8 Å². The second-order valence-electron chi connectivity index (χ2n) is 7.51. The largest absolute Gasteiger partial charge is 0.573 e. The van der Waals surface area contributed by atoms with E-state index in [-0.39, 0.29) is 17.9 Å². The van der Waals surface area contributed by atoms with Crippen LogP contribution in [0.25, 0.3) is 0 Å². The molecule has 0 saturated carbocycles. The number of benzene rings is 1. The highest BCUT2D eigenvalue weighted by Gasteiger charge is 2.39. The van der Waals surface area contributed by atoms with Crippen molar-refractivity contribution in [3.8, 4) is 5.75 Å². The van der Waals surface area contributed by atoms with E-state index in [4.69, 9.17) is 4.74 Å². The zero-order chi connectivity index (χ0) is 22.7. The Morgan fingerprint density at radius 2 is 1.80 bits per heavy atom. The Morgan fingerprint density at radius 3 is 2.30 bits per heavy atom. The number of hydrogen-bond donors (Lipinski definition) is 2. The normalized spacial score (nSPS) is 20.0. The molecule has 0 radical (unpaired) electrons. The molecule has 168 valence electrons. The first-order chi connectivity index (χ1) is 13.7. The average molecular weight is 453 g/mol. The second-order valence-corrected chi connectivity index (χ2v) is 9.22.